The maximum absolute atomic E-state index is 4.70. The Morgan fingerprint density at radius 2 is 2.00 bits per heavy atom. The van der Waals surface area contributed by atoms with Crippen LogP contribution in [0.3, 0.4) is 0 Å². The van der Waals surface area contributed by atoms with Crippen LogP contribution in [0.1, 0.15) is 24.5 Å². The summed E-state index contributed by atoms with van der Waals surface area (Å²) in [4.78, 5) is 6.87. The minimum absolute atomic E-state index is 0. The monoisotopic (exact) mass is 470 g/mol. The molecule has 26 heavy (non-hydrogen) atoms. The Bertz CT molecular complexity index is 639. The highest BCUT2D eigenvalue weighted by Gasteiger charge is 2.00. The fourth-order valence-electron chi connectivity index (χ4n) is 2.58. The van der Waals surface area contributed by atoms with Crippen LogP contribution in [0.15, 0.2) is 47.7 Å². The van der Waals surface area contributed by atoms with Gasteiger partial charge in [0.2, 0.25) is 0 Å². The SMILES string of the molecule is CCNC(=NCc1cccc(CN(C)C)c1)NCCCn1cccn1.I. The maximum atomic E-state index is 4.70. The molecular weight excluding hydrogens is 439 g/mol. The molecule has 1 aromatic heterocycles. The number of aryl methyl sites for hydroxylation is 1. The van der Waals surface area contributed by atoms with Crippen molar-refractivity contribution in [3.8, 4) is 0 Å². The van der Waals surface area contributed by atoms with E-state index in [9.17, 15) is 0 Å². The Morgan fingerprint density at radius 1 is 1.19 bits per heavy atom. The number of halogens is 1. The van der Waals surface area contributed by atoms with Crippen LogP contribution in [0.2, 0.25) is 0 Å². The van der Waals surface area contributed by atoms with E-state index < -0.39 is 0 Å². The summed E-state index contributed by atoms with van der Waals surface area (Å²) < 4.78 is 1.95. The van der Waals surface area contributed by atoms with Crippen molar-refractivity contribution in [3.05, 3.63) is 53.9 Å². The first-order valence-electron chi connectivity index (χ1n) is 8.89. The Labute approximate surface area is 174 Å². The van der Waals surface area contributed by atoms with Crippen molar-refractivity contribution in [1.82, 2.24) is 25.3 Å². The molecule has 0 aliphatic carbocycles. The summed E-state index contributed by atoms with van der Waals surface area (Å²) in [5.41, 5.74) is 2.54. The molecule has 0 radical (unpaired) electrons. The standard InChI is InChI=1S/C19H30N6.HI/c1-4-20-19(21-10-6-12-25-13-7-11-23-25)22-15-17-8-5-9-18(14-17)16-24(2)3;/h5,7-9,11,13-14H,4,6,10,12,15-16H2,1-3H3,(H2,20,21,22);1H. The lowest BCUT2D eigenvalue weighted by atomic mass is 10.1. The second-order valence-corrected chi connectivity index (χ2v) is 6.30. The fourth-order valence-corrected chi connectivity index (χ4v) is 2.58. The first kappa shape index (κ1) is 22.4. The zero-order valence-corrected chi connectivity index (χ0v) is 18.3. The third-order valence-electron chi connectivity index (χ3n) is 3.67. The number of guanidine groups is 1. The average Bonchev–Trinajstić information content (AvgIpc) is 3.09. The number of nitrogens with zero attached hydrogens (tertiary/aromatic N) is 4. The number of benzene rings is 1. The molecular formula is C19H31IN6. The second kappa shape index (κ2) is 12.7. The van der Waals surface area contributed by atoms with Gasteiger partial charge in [0.25, 0.3) is 0 Å². The van der Waals surface area contributed by atoms with Crippen molar-refractivity contribution in [3.63, 3.8) is 0 Å². The summed E-state index contributed by atoms with van der Waals surface area (Å²) in [6.45, 7) is 6.34. The van der Waals surface area contributed by atoms with Crippen LogP contribution in [0.25, 0.3) is 0 Å². The normalized spacial score (nSPS) is 11.3. The van der Waals surface area contributed by atoms with Gasteiger partial charge in [0.05, 0.1) is 6.54 Å². The topological polar surface area (TPSA) is 57.5 Å². The van der Waals surface area contributed by atoms with E-state index in [0.717, 1.165) is 38.6 Å². The van der Waals surface area contributed by atoms with Gasteiger partial charge in [-0.2, -0.15) is 5.10 Å². The van der Waals surface area contributed by atoms with Gasteiger partial charge in [0, 0.05) is 38.6 Å². The van der Waals surface area contributed by atoms with Crippen molar-refractivity contribution >= 4 is 29.9 Å². The van der Waals surface area contributed by atoms with Gasteiger partial charge >= 0.3 is 0 Å². The van der Waals surface area contributed by atoms with Gasteiger partial charge in [-0.1, -0.05) is 24.3 Å². The van der Waals surface area contributed by atoms with Gasteiger partial charge in [-0.15, -0.1) is 24.0 Å². The molecule has 0 saturated carbocycles. The molecule has 1 heterocycles. The first-order chi connectivity index (χ1) is 12.2. The summed E-state index contributed by atoms with van der Waals surface area (Å²) >= 11 is 0. The van der Waals surface area contributed by atoms with Crippen molar-refractivity contribution in [2.24, 2.45) is 4.99 Å². The summed E-state index contributed by atoms with van der Waals surface area (Å²) in [5, 5.41) is 10.9. The van der Waals surface area contributed by atoms with Gasteiger partial charge in [-0.05, 0) is 44.6 Å². The summed E-state index contributed by atoms with van der Waals surface area (Å²) in [6.07, 6.45) is 4.80. The van der Waals surface area contributed by atoms with E-state index in [0.29, 0.717) is 6.54 Å². The highest BCUT2D eigenvalue weighted by Crippen LogP contribution is 2.08. The van der Waals surface area contributed by atoms with E-state index in [1.54, 1.807) is 0 Å². The predicted octanol–water partition coefficient (Wildman–Crippen LogP) is 2.71. The van der Waals surface area contributed by atoms with E-state index in [1.807, 2.05) is 23.1 Å². The first-order valence-corrected chi connectivity index (χ1v) is 8.89. The molecule has 2 rings (SSSR count). The quantitative estimate of drug-likeness (QED) is 0.256. The lowest BCUT2D eigenvalue weighted by molar-refractivity contribution is 0.402. The molecule has 0 amide bonds. The molecule has 2 aromatic rings. The van der Waals surface area contributed by atoms with Gasteiger partial charge in [0.1, 0.15) is 0 Å². The van der Waals surface area contributed by atoms with Crippen molar-refractivity contribution < 1.29 is 0 Å². The average molecular weight is 470 g/mol. The van der Waals surface area contributed by atoms with E-state index in [-0.39, 0.29) is 24.0 Å². The van der Waals surface area contributed by atoms with Crippen LogP contribution in [-0.4, -0.2) is 47.8 Å². The summed E-state index contributed by atoms with van der Waals surface area (Å²) in [7, 11) is 4.17. The lowest BCUT2D eigenvalue weighted by Crippen LogP contribution is -2.38. The Morgan fingerprint density at radius 3 is 2.69 bits per heavy atom. The Balaban J connectivity index is 0.00000338. The number of nitrogens with one attached hydrogen (secondary N) is 2. The molecule has 0 bridgehead atoms. The molecule has 0 atom stereocenters. The number of aliphatic imine (C=N–C) groups is 1. The molecule has 0 aliphatic rings. The number of aromatic nitrogens is 2. The molecule has 0 fully saturated rings. The molecule has 6 nitrogen and oxygen atoms in total. The highest BCUT2D eigenvalue weighted by atomic mass is 127. The van der Waals surface area contributed by atoms with Crippen LogP contribution in [0.4, 0.5) is 0 Å². The van der Waals surface area contributed by atoms with Gasteiger partial charge < -0.3 is 15.5 Å². The van der Waals surface area contributed by atoms with Crippen LogP contribution >= 0.6 is 24.0 Å². The van der Waals surface area contributed by atoms with Crippen LogP contribution < -0.4 is 10.6 Å². The number of hydrogen-bond acceptors (Lipinski definition) is 3. The van der Waals surface area contributed by atoms with Crippen molar-refractivity contribution in [2.45, 2.75) is 33.0 Å². The minimum Gasteiger partial charge on any atom is -0.357 e. The number of rotatable bonds is 9. The Hall–Kier alpha value is -1.61. The van der Waals surface area contributed by atoms with E-state index >= 15 is 0 Å². The number of hydrogen-bond donors (Lipinski definition) is 2. The molecule has 144 valence electrons. The van der Waals surface area contributed by atoms with Crippen LogP contribution in [0.5, 0.6) is 0 Å². The summed E-state index contributed by atoms with van der Waals surface area (Å²) in [6, 6.07) is 10.6. The van der Waals surface area contributed by atoms with E-state index in [2.05, 4.69) is 65.9 Å². The molecule has 7 heteroatoms. The van der Waals surface area contributed by atoms with Gasteiger partial charge in [-0.25, -0.2) is 4.99 Å². The van der Waals surface area contributed by atoms with Crippen LogP contribution in [-0.2, 0) is 19.6 Å². The van der Waals surface area contributed by atoms with Gasteiger partial charge in [-0.3, -0.25) is 4.68 Å². The fraction of sp³-hybridized carbons (Fsp3) is 0.474. The van der Waals surface area contributed by atoms with Gasteiger partial charge in [0.15, 0.2) is 5.96 Å². The zero-order valence-electron chi connectivity index (χ0n) is 16.0. The molecule has 0 unspecified atom stereocenters. The largest absolute Gasteiger partial charge is 0.357 e. The molecule has 0 saturated heterocycles. The highest BCUT2D eigenvalue weighted by molar-refractivity contribution is 14.0. The predicted molar refractivity (Wildman–Crippen MR) is 119 cm³/mol. The van der Waals surface area contributed by atoms with E-state index in [4.69, 9.17) is 4.99 Å². The summed E-state index contributed by atoms with van der Waals surface area (Å²) in [5.74, 6) is 0.862. The van der Waals surface area contributed by atoms with E-state index in [1.165, 1.54) is 11.1 Å². The van der Waals surface area contributed by atoms with Crippen molar-refractivity contribution in [1.29, 1.82) is 0 Å². The van der Waals surface area contributed by atoms with Crippen LogP contribution in [0, 0.1) is 0 Å². The molecule has 0 spiro atoms. The molecule has 1 aromatic carbocycles. The third kappa shape index (κ3) is 8.66. The van der Waals surface area contributed by atoms with Crippen molar-refractivity contribution in [2.75, 3.05) is 27.2 Å². The third-order valence-corrected chi connectivity index (χ3v) is 3.67. The maximum Gasteiger partial charge on any atom is 0.191 e. The Kier molecular flexibility index (Phi) is 11.0. The lowest BCUT2D eigenvalue weighted by Gasteiger charge is -2.12. The zero-order chi connectivity index (χ0) is 17.9. The minimum atomic E-state index is 0. The molecule has 0 aliphatic heterocycles. The second-order valence-electron chi connectivity index (χ2n) is 6.30. The smallest absolute Gasteiger partial charge is 0.191 e. The molecule has 2 N–H and O–H groups in total.